The van der Waals surface area contributed by atoms with Crippen molar-refractivity contribution in [2.75, 3.05) is 25.9 Å². The number of benzene rings is 1. The van der Waals surface area contributed by atoms with Crippen LogP contribution in [0, 0.1) is 0 Å². The van der Waals surface area contributed by atoms with Crippen LogP contribution in [0.4, 0.5) is 0 Å². The SMILES string of the molecule is CC(=O)N1CCNC[C@H]1Cc1ccc(C(=O)NS(C)(=O)=O)cc1. The average molecular weight is 339 g/mol. The van der Waals surface area contributed by atoms with Gasteiger partial charge in [0.25, 0.3) is 5.91 Å². The third-order valence-corrected chi connectivity index (χ3v) is 4.28. The van der Waals surface area contributed by atoms with Crippen LogP contribution in [0.15, 0.2) is 24.3 Å². The van der Waals surface area contributed by atoms with Crippen molar-refractivity contribution in [1.29, 1.82) is 0 Å². The molecule has 1 aromatic carbocycles. The van der Waals surface area contributed by atoms with Gasteiger partial charge in [0.15, 0.2) is 0 Å². The first-order valence-electron chi connectivity index (χ1n) is 7.35. The van der Waals surface area contributed by atoms with Gasteiger partial charge in [0.1, 0.15) is 0 Å². The first-order valence-corrected chi connectivity index (χ1v) is 9.24. The molecular weight excluding hydrogens is 318 g/mol. The van der Waals surface area contributed by atoms with Gasteiger partial charge in [-0.3, -0.25) is 9.59 Å². The van der Waals surface area contributed by atoms with Crippen LogP contribution in [0.5, 0.6) is 0 Å². The van der Waals surface area contributed by atoms with Gasteiger partial charge in [-0.1, -0.05) is 12.1 Å². The zero-order chi connectivity index (χ0) is 17.0. The number of nitrogens with zero attached hydrogens (tertiary/aromatic N) is 1. The minimum Gasteiger partial charge on any atom is -0.337 e. The molecule has 1 aliphatic rings. The maximum absolute atomic E-state index is 11.7. The lowest BCUT2D eigenvalue weighted by atomic mass is 10.0. The lowest BCUT2D eigenvalue weighted by Gasteiger charge is -2.35. The van der Waals surface area contributed by atoms with Crippen LogP contribution in [0.1, 0.15) is 22.8 Å². The Morgan fingerprint density at radius 3 is 2.52 bits per heavy atom. The number of hydrogen-bond donors (Lipinski definition) is 2. The maximum Gasteiger partial charge on any atom is 0.264 e. The topological polar surface area (TPSA) is 95.6 Å². The third-order valence-electron chi connectivity index (χ3n) is 3.72. The molecule has 0 bridgehead atoms. The Labute approximate surface area is 136 Å². The molecule has 0 saturated carbocycles. The van der Waals surface area contributed by atoms with Crippen LogP contribution >= 0.6 is 0 Å². The van der Waals surface area contributed by atoms with Gasteiger partial charge in [-0.05, 0) is 24.1 Å². The quantitative estimate of drug-likeness (QED) is 0.788. The molecule has 1 aromatic rings. The second-order valence-corrected chi connectivity index (χ2v) is 7.42. The summed E-state index contributed by atoms with van der Waals surface area (Å²) in [4.78, 5) is 25.3. The highest BCUT2D eigenvalue weighted by molar-refractivity contribution is 7.89. The Bertz CT molecular complexity index is 685. The van der Waals surface area contributed by atoms with Crippen LogP contribution in [-0.2, 0) is 21.2 Å². The van der Waals surface area contributed by atoms with E-state index in [9.17, 15) is 18.0 Å². The molecule has 1 aliphatic heterocycles. The largest absolute Gasteiger partial charge is 0.337 e. The molecule has 126 valence electrons. The molecule has 0 aliphatic carbocycles. The summed E-state index contributed by atoms with van der Waals surface area (Å²) >= 11 is 0. The number of carbonyl (C=O) groups is 2. The Balaban J connectivity index is 2.04. The average Bonchev–Trinajstić information content (AvgIpc) is 2.46. The van der Waals surface area contributed by atoms with Crippen molar-refractivity contribution in [3.8, 4) is 0 Å². The Kier molecular flexibility index (Phi) is 5.38. The standard InChI is InChI=1S/C15H21N3O4S/c1-11(19)18-8-7-16-10-14(18)9-12-3-5-13(6-4-12)15(20)17-23(2,21)22/h3-6,14,16H,7-10H2,1-2H3,(H,17,20)/t14-/m1/s1. The number of carbonyl (C=O) groups excluding carboxylic acids is 2. The first-order chi connectivity index (χ1) is 10.8. The van der Waals surface area contributed by atoms with E-state index in [2.05, 4.69) is 5.32 Å². The molecule has 8 heteroatoms. The second-order valence-electron chi connectivity index (χ2n) is 5.67. The normalized spacial score (nSPS) is 18.5. The zero-order valence-corrected chi connectivity index (χ0v) is 14.0. The fourth-order valence-corrected chi connectivity index (χ4v) is 3.10. The number of sulfonamides is 1. The van der Waals surface area contributed by atoms with E-state index in [0.717, 1.165) is 24.9 Å². The lowest BCUT2D eigenvalue weighted by molar-refractivity contribution is -0.131. The van der Waals surface area contributed by atoms with Crippen molar-refractivity contribution in [2.45, 2.75) is 19.4 Å². The second kappa shape index (κ2) is 7.10. The molecule has 23 heavy (non-hydrogen) atoms. The summed E-state index contributed by atoms with van der Waals surface area (Å²) < 4.78 is 24.1. The van der Waals surface area contributed by atoms with Gasteiger partial charge in [0.2, 0.25) is 15.9 Å². The van der Waals surface area contributed by atoms with Gasteiger partial charge in [0, 0.05) is 38.2 Å². The summed E-state index contributed by atoms with van der Waals surface area (Å²) in [7, 11) is -3.57. The molecule has 2 amide bonds. The van der Waals surface area contributed by atoms with E-state index in [1.54, 1.807) is 31.2 Å². The Morgan fingerprint density at radius 2 is 1.96 bits per heavy atom. The predicted octanol–water partition coefficient (Wildman–Crippen LogP) is -0.261. The van der Waals surface area contributed by atoms with Gasteiger partial charge in [-0.15, -0.1) is 0 Å². The van der Waals surface area contributed by atoms with Crippen LogP contribution < -0.4 is 10.0 Å². The molecule has 1 fully saturated rings. The Morgan fingerprint density at radius 1 is 1.30 bits per heavy atom. The van der Waals surface area contributed by atoms with Crippen molar-refractivity contribution in [3.63, 3.8) is 0 Å². The number of nitrogens with one attached hydrogen (secondary N) is 2. The molecule has 2 rings (SSSR count). The molecule has 2 N–H and O–H groups in total. The minimum atomic E-state index is -3.57. The van der Waals surface area contributed by atoms with E-state index in [-0.39, 0.29) is 17.5 Å². The van der Waals surface area contributed by atoms with Crippen molar-refractivity contribution in [1.82, 2.24) is 14.9 Å². The summed E-state index contributed by atoms with van der Waals surface area (Å²) in [6.07, 6.45) is 1.62. The summed E-state index contributed by atoms with van der Waals surface area (Å²) in [6, 6.07) is 6.82. The van der Waals surface area contributed by atoms with Crippen molar-refractivity contribution < 1.29 is 18.0 Å². The van der Waals surface area contributed by atoms with Gasteiger partial charge < -0.3 is 10.2 Å². The lowest BCUT2D eigenvalue weighted by Crippen LogP contribution is -2.53. The highest BCUT2D eigenvalue weighted by atomic mass is 32.2. The summed E-state index contributed by atoms with van der Waals surface area (Å²) in [5.74, 6) is -0.593. The predicted molar refractivity (Wildman–Crippen MR) is 86.5 cm³/mol. The maximum atomic E-state index is 11.7. The molecule has 0 spiro atoms. The van der Waals surface area contributed by atoms with E-state index in [1.165, 1.54) is 0 Å². The molecule has 1 saturated heterocycles. The van der Waals surface area contributed by atoms with E-state index < -0.39 is 15.9 Å². The van der Waals surface area contributed by atoms with Crippen LogP contribution in [-0.4, -0.2) is 57.1 Å². The fraction of sp³-hybridized carbons (Fsp3) is 0.467. The van der Waals surface area contributed by atoms with Crippen molar-refractivity contribution in [2.24, 2.45) is 0 Å². The van der Waals surface area contributed by atoms with Crippen LogP contribution in [0.25, 0.3) is 0 Å². The van der Waals surface area contributed by atoms with Gasteiger partial charge in [-0.2, -0.15) is 0 Å². The molecule has 1 heterocycles. The number of hydrogen-bond acceptors (Lipinski definition) is 5. The third kappa shape index (κ3) is 5.04. The molecular formula is C15H21N3O4S. The van der Waals surface area contributed by atoms with Crippen LogP contribution in [0.3, 0.4) is 0 Å². The van der Waals surface area contributed by atoms with Gasteiger partial charge >= 0.3 is 0 Å². The highest BCUT2D eigenvalue weighted by Crippen LogP contribution is 2.13. The number of amides is 2. The molecule has 0 radical (unpaired) electrons. The van der Waals surface area contributed by atoms with E-state index in [0.29, 0.717) is 13.0 Å². The number of piperazine rings is 1. The molecule has 1 atom stereocenters. The Hall–Kier alpha value is -1.93. The van der Waals surface area contributed by atoms with E-state index in [4.69, 9.17) is 0 Å². The van der Waals surface area contributed by atoms with Crippen molar-refractivity contribution >= 4 is 21.8 Å². The molecule has 0 aromatic heterocycles. The minimum absolute atomic E-state index is 0.0562. The first kappa shape index (κ1) is 17.4. The molecule has 0 unspecified atom stereocenters. The summed E-state index contributed by atoms with van der Waals surface area (Å²) in [5, 5.41) is 3.27. The van der Waals surface area contributed by atoms with E-state index >= 15 is 0 Å². The fourth-order valence-electron chi connectivity index (χ4n) is 2.65. The summed E-state index contributed by atoms with van der Waals surface area (Å²) in [5.41, 5.74) is 1.27. The molecule has 7 nitrogen and oxygen atoms in total. The summed E-state index contributed by atoms with van der Waals surface area (Å²) in [6.45, 7) is 3.78. The highest BCUT2D eigenvalue weighted by Gasteiger charge is 2.24. The van der Waals surface area contributed by atoms with Crippen LogP contribution in [0.2, 0.25) is 0 Å². The van der Waals surface area contributed by atoms with Crippen molar-refractivity contribution in [3.05, 3.63) is 35.4 Å². The zero-order valence-electron chi connectivity index (χ0n) is 13.2. The smallest absolute Gasteiger partial charge is 0.264 e. The van der Waals surface area contributed by atoms with E-state index in [1.807, 2.05) is 9.62 Å². The number of rotatable bonds is 4. The monoisotopic (exact) mass is 339 g/mol. The van der Waals surface area contributed by atoms with Gasteiger partial charge in [-0.25, -0.2) is 13.1 Å². The van der Waals surface area contributed by atoms with Gasteiger partial charge in [0.05, 0.1) is 6.26 Å².